The Bertz CT molecular complexity index is 1210. The van der Waals surface area contributed by atoms with Crippen LogP contribution in [0.25, 0.3) is 10.8 Å². The van der Waals surface area contributed by atoms with Crippen molar-refractivity contribution in [1.82, 2.24) is 0 Å². The molecular formula is C24H28N3NaO4S. The van der Waals surface area contributed by atoms with Gasteiger partial charge in [0.25, 0.3) is 0 Å². The summed E-state index contributed by atoms with van der Waals surface area (Å²) < 4.78 is 35.3. The molecule has 0 spiro atoms. The van der Waals surface area contributed by atoms with Crippen LogP contribution in [0.15, 0.2) is 63.7 Å². The predicted molar refractivity (Wildman–Crippen MR) is 126 cm³/mol. The SMILES string of the molecule is CCCCCCCCc1ccc(N=Nc2c(S(=O)(=O)[O-])cc3ccc(N)cc3c2O)cc1.[Na+]. The number of benzene rings is 3. The van der Waals surface area contributed by atoms with Crippen LogP contribution in [0, 0.1) is 0 Å². The Hall–Kier alpha value is -1.97. The third-order valence-electron chi connectivity index (χ3n) is 5.37. The van der Waals surface area contributed by atoms with E-state index in [9.17, 15) is 18.1 Å². The van der Waals surface area contributed by atoms with Crippen LogP contribution in [-0.4, -0.2) is 18.1 Å². The molecule has 0 radical (unpaired) electrons. The molecule has 0 aromatic heterocycles. The second-order valence-electron chi connectivity index (χ2n) is 7.89. The second-order valence-corrected chi connectivity index (χ2v) is 9.24. The number of azo groups is 1. The molecule has 0 aliphatic rings. The van der Waals surface area contributed by atoms with Gasteiger partial charge in [0, 0.05) is 11.1 Å². The van der Waals surface area contributed by atoms with E-state index in [0.717, 1.165) is 12.8 Å². The predicted octanol–water partition coefficient (Wildman–Crippen LogP) is 3.35. The van der Waals surface area contributed by atoms with Crippen molar-refractivity contribution in [3.05, 3.63) is 54.1 Å². The van der Waals surface area contributed by atoms with Crippen molar-refractivity contribution < 1.29 is 47.6 Å². The molecule has 3 aromatic carbocycles. The number of fused-ring (bicyclic) bond motifs is 1. The number of hydrogen-bond donors (Lipinski definition) is 2. The number of nitrogen functional groups attached to an aromatic ring is 1. The molecule has 0 aliphatic carbocycles. The molecule has 3 rings (SSSR count). The molecule has 0 atom stereocenters. The molecule has 9 heteroatoms. The number of rotatable bonds is 10. The normalized spacial score (nSPS) is 11.7. The third-order valence-corrected chi connectivity index (χ3v) is 6.22. The first kappa shape index (κ1) is 27.3. The van der Waals surface area contributed by atoms with Crippen molar-refractivity contribution in [2.45, 2.75) is 56.8 Å². The third kappa shape index (κ3) is 7.52. The first-order valence-electron chi connectivity index (χ1n) is 10.8. The number of anilines is 1. The zero-order valence-corrected chi connectivity index (χ0v) is 21.9. The fraction of sp³-hybridized carbons (Fsp3) is 0.333. The molecule has 33 heavy (non-hydrogen) atoms. The summed E-state index contributed by atoms with van der Waals surface area (Å²) in [7, 11) is -4.88. The summed E-state index contributed by atoms with van der Waals surface area (Å²) in [5.74, 6) is -0.451. The Morgan fingerprint density at radius 1 is 0.939 bits per heavy atom. The van der Waals surface area contributed by atoms with Crippen molar-refractivity contribution in [1.29, 1.82) is 0 Å². The van der Waals surface area contributed by atoms with Crippen molar-refractivity contribution in [3.8, 4) is 5.75 Å². The van der Waals surface area contributed by atoms with E-state index < -0.39 is 26.5 Å². The van der Waals surface area contributed by atoms with Crippen LogP contribution in [0.1, 0.15) is 51.0 Å². The molecule has 170 valence electrons. The van der Waals surface area contributed by atoms with E-state index in [-0.39, 0.29) is 29.6 Å². The molecule has 0 saturated heterocycles. The van der Waals surface area contributed by atoms with Gasteiger partial charge < -0.3 is 15.4 Å². The van der Waals surface area contributed by atoms with Gasteiger partial charge in [-0.2, -0.15) is 5.11 Å². The molecule has 0 saturated carbocycles. The topological polar surface area (TPSA) is 128 Å². The summed E-state index contributed by atoms with van der Waals surface area (Å²) in [6, 6.07) is 13.2. The van der Waals surface area contributed by atoms with E-state index in [4.69, 9.17) is 5.73 Å². The molecule has 0 amide bonds. The second kappa shape index (κ2) is 12.5. The molecule has 0 fully saturated rings. The standard InChI is InChI=1S/C24H29N3O4S.Na/c1-2-3-4-5-6-7-8-17-9-13-20(14-10-17)26-27-23-22(32(29,30)31)15-18-11-12-19(25)16-21(18)24(23)28;/h9-16,28H,2-8,25H2,1H3,(H,29,30,31);/q;+1/p-1. The maximum absolute atomic E-state index is 11.8. The maximum Gasteiger partial charge on any atom is 1.00 e. The molecule has 0 heterocycles. The molecule has 7 nitrogen and oxygen atoms in total. The first-order valence-corrected chi connectivity index (χ1v) is 12.2. The molecule has 0 unspecified atom stereocenters. The summed E-state index contributed by atoms with van der Waals surface area (Å²) in [4.78, 5) is -0.629. The smallest absolute Gasteiger partial charge is 0.744 e. The van der Waals surface area contributed by atoms with E-state index in [1.54, 1.807) is 18.2 Å². The molecule has 3 N–H and O–H groups in total. The van der Waals surface area contributed by atoms with E-state index in [2.05, 4.69) is 17.2 Å². The minimum absolute atomic E-state index is 0. The van der Waals surface area contributed by atoms with Crippen LogP contribution >= 0.6 is 0 Å². The van der Waals surface area contributed by atoms with E-state index in [0.29, 0.717) is 22.1 Å². The van der Waals surface area contributed by atoms with Crippen LogP contribution in [-0.2, 0) is 16.5 Å². The first-order chi connectivity index (χ1) is 15.3. The van der Waals surface area contributed by atoms with Gasteiger partial charge in [0.2, 0.25) is 0 Å². The van der Waals surface area contributed by atoms with E-state index in [1.807, 2.05) is 12.1 Å². The number of nitrogens with zero attached hydrogens (tertiary/aromatic N) is 2. The number of phenolic OH excluding ortho intramolecular Hbond substituents is 1. The number of unbranched alkanes of at least 4 members (excludes halogenated alkanes) is 5. The van der Waals surface area contributed by atoms with Gasteiger partial charge in [0.1, 0.15) is 15.8 Å². The van der Waals surface area contributed by atoms with Gasteiger partial charge in [0.15, 0.2) is 5.75 Å². The van der Waals surface area contributed by atoms with E-state index >= 15 is 0 Å². The molecule has 3 aromatic rings. The van der Waals surface area contributed by atoms with Crippen molar-refractivity contribution >= 4 is 38.0 Å². The number of aromatic hydroxyl groups is 1. The fourth-order valence-corrected chi connectivity index (χ4v) is 4.24. The van der Waals surface area contributed by atoms with Crippen LogP contribution in [0.4, 0.5) is 17.1 Å². The minimum Gasteiger partial charge on any atom is -0.744 e. The Morgan fingerprint density at radius 2 is 1.61 bits per heavy atom. The van der Waals surface area contributed by atoms with Crippen molar-refractivity contribution in [2.24, 2.45) is 10.2 Å². The van der Waals surface area contributed by atoms with Crippen LogP contribution in [0.2, 0.25) is 0 Å². The quantitative estimate of drug-likeness (QED) is 0.152. The summed E-state index contributed by atoms with van der Waals surface area (Å²) in [5.41, 5.74) is 7.43. The number of aryl methyl sites for hydroxylation is 1. The number of nitrogens with two attached hydrogens (primary N) is 1. The largest absolute Gasteiger partial charge is 1.00 e. The molecule has 0 aliphatic heterocycles. The zero-order valence-electron chi connectivity index (χ0n) is 19.1. The Morgan fingerprint density at radius 3 is 2.27 bits per heavy atom. The molecule has 0 bridgehead atoms. The zero-order chi connectivity index (χ0) is 23.1. The van der Waals surface area contributed by atoms with Crippen LogP contribution < -0.4 is 35.3 Å². The Labute approximate surface area is 217 Å². The number of hydrogen-bond acceptors (Lipinski definition) is 7. The minimum atomic E-state index is -4.88. The number of phenols is 1. The van der Waals surface area contributed by atoms with E-state index in [1.165, 1.54) is 55.9 Å². The van der Waals surface area contributed by atoms with Crippen LogP contribution in [0.5, 0.6) is 5.75 Å². The average molecular weight is 478 g/mol. The Kier molecular flexibility index (Phi) is 10.3. The maximum atomic E-state index is 11.8. The Balaban J connectivity index is 0.00000385. The fourth-order valence-electron chi connectivity index (χ4n) is 3.59. The van der Waals surface area contributed by atoms with Gasteiger partial charge in [0.05, 0.1) is 10.6 Å². The summed E-state index contributed by atoms with van der Waals surface area (Å²) >= 11 is 0. The summed E-state index contributed by atoms with van der Waals surface area (Å²) in [5, 5.41) is 19.2. The van der Waals surface area contributed by atoms with Crippen LogP contribution in [0.3, 0.4) is 0 Å². The van der Waals surface area contributed by atoms with Gasteiger partial charge in [-0.25, -0.2) is 8.42 Å². The summed E-state index contributed by atoms with van der Waals surface area (Å²) in [6.07, 6.45) is 8.38. The molecular weight excluding hydrogens is 449 g/mol. The van der Waals surface area contributed by atoms with Crippen molar-refractivity contribution in [2.75, 3.05) is 5.73 Å². The monoisotopic (exact) mass is 477 g/mol. The summed E-state index contributed by atoms with van der Waals surface area (Å²) in [6.45, 7) is 2.20. The van der Waals surface area contributed by atoms with Gasteiger partial charge in [-0.3, -0.25) is 0 Å². The van der Waals surface area contributed by atoms with Crippen molar-refractivity contribution in [3.63, 3.8) is 0 Å². The van der Waals surface area contributed by atoms with Gasteiger partial charge in [-0.1, -0.05) is 57.2 Å². The van der Waals surface area contributed by atoms with Gasteiger partial charge in [-0.05, 0) is 54.1 Å². The van der Waals surface area contributed by atoms with Gasteiger partial charge in [-0.15, -0.1) is 5.11 Å². The van der Waals surface area contributed by atoms with Gasteiger partial charge >= 0.3 is 29.6 Å². The average Bonchev–Trinajstić information content (AvgIpc) is 2.76.